The van der Waals surface area contributed by atoms with Crippen molar-refractivity contribution in [1.29, 1.82) is 0 Å². The second-order valence-corrected chi connectivity index (χ2v) is 4.78. The fourth-order valence-corrected chi connectivity index (χ4v) is 1.81. The average Bonchev–Trinajstić information content (AvgIpc) is 2.33. The van der Waals surface area contributed by atoms with Gasteiger partial charge in [0.2, 0.25) is 5.91 Å². The highest BCUT2D eigenvalue weighted by Gasteiger charge is 2.03. The summed E-state index contributed by atoms with van der Waals surface area (Å²) in [7, 11) is 0. The number of amides is 1. The van der Waals surface area contributed by atoms with Crippen molar-refractivity contribution in [2.45, 2.75) is 39.5 Å². The SMILES string of the molecule is CC(=O)CCCC(=O)NCCc1ccc(O)c(C)c1. The van der Waals surface area contributed by atoms with Gasteiger partial charge in [-0.2, -0.15) is 0 Å². The molecule has 0 saturated heterocycles. The minimum absolute atomic E-state index is 0.0169. The number of aromatic hydroxyl groups is 1. The summed E-state index contributed by atoms with van der Waals surface area (Å²) in [6.07, 6.45) is 2.21. The van der Waals surface area contributed by atoms with Gasteiger partial charge in [0.1, 0.15) is 11.5 Å². The van der Waals surface area contributed by atoms with E-state index in [1.54, 1.807) is 6.07 Å². The Morgan fingerprint density at radius 2 is 2.00 bits per heavy atom. The van der Waals surface area contributed by atoms with Crippen LogP contribution in [0.1, 0.15) is 37.3 Å². The lowest BCUT2D eigenvalue weighted by Crippen LogP contribution is -2.25. The van der Waals surface area contributed by atoms with Crippen LogP contribution in [0.4, 0.5) is 0 Å². The van der Waals surface area contributed by atoms with Crippen molar-refractivity contribution < 1.29 is 14.7 Å². The molecule has 0 spiro atoms. The number of nitrogens with one attached hydrogen (secondary N) is 1. The van der Waals surface area contributed by atoms with Crippen LogP contribution >= 0.6 is 0 Å². The quantitative estimate of drug-likeness (QED) is 0.792. The Morgan fingerprint density at radius 3 is 2.63 bits per heavy atom. The lowest BCUT2D eigenvalue weighted by molar-refractivity contribution is -0.121. The van der Waals surface area contributed by atoms with Gasteiger partial charge in [-0.1, -0.05) is 12.1 Å². The molecule has 2 N–H and O–H groups in total. The molecule has 0 unspecified atom stereocenters. The average molecular weight is 263 g/mol. The smallest absolute Gasteiger partial charge is 0.220 e. The molecular formula is C15H21NO3. The summed E-state index contributed by atoms with van der Waals surface area (Å²) >= 11 is 0. The van der Waals surface area contributed by atoms with Gasteiger partial charge >= 0.3 is 0 Å². The third-order valence-corrected chi connectivity index (χ3v) is 2.93. The lowest BCUT2D eigenvalue weighted by atomic mass is 10.1. The molecular weight excluding hydrogens is 242 g/mol. The van der Waals surface area contributed by atoms with Gasteiger partial charge in [0, 0.05) is 19.4 Å². The van der Waals surface area contributed by atoms with E-state index in [0.717, 1.165) is 17.5 Å². The molecule has 0 heterocycles. The highest BCUT2D eigenvalue weighted by molar-refractivity contribution is 5.78. The van der Waals surface area contributed by atoms with Gasteiger partial charge in [0.25, 0.3) is 0 Å². The van der Waals surface area contributed by atoms with Crippen LogP contribution < -0.4 is 5.32 Å². The molecule has 0 radical (unpaired) electrons. The molecule has 0 aromatic heterocycles. The van der Waals surface area contributed by atoms with Gasteiger partial charge in [-0.25, -0.2) is 0 Å². The molecule has 19 heavy (non-hydrogen) atoms. The van der Waals surface area contributed by atoms with Crippen molar-refractivity contribution in [2.75, 3.05) is 6.54 Å². The van der Waals surface area contributed by atoms with Gasteiger partial charge in [0.05, 0.1) is 0 Å². The summed E-state index contributed by atoms with van der Waals surface area (Å²) in [5.74, 6) is 0.390. The number of rotatable bonds is 7. The summed E-state index contributed by atoms with van der Waals surface area (Å²) in [6.45, 7) is 3.95. The molecule has 1 aromatic carbocycles. The maximum atomic E-state index is 11.5. The molecule has 0 aliphatic heterocycles. The second kappa shape index (κ2) is 7.56. The Balaban J connectivity index is 2.24. The van der Waals surface area contributed by atoms with Crippen molar-refractivity contribution in [3.63, 3.8) is 0 Å². The zero-order chi connectivity index (χ0) is 14.3. The Hall–Kier alpha value is -1.84. The van der Waals surface area contributed by atoms with Crippen LogP contribution in [0.5, 0.6) is 5.75 Å². The highest BCUT2D eigenvalue weighted by Crippen LogP contribution is 2.16. The molecule has 1 amide bonds. The maximum Gasteiger partial charge on any atom is 0.220 e. The fraction of sp³-hybridized carbons (Fsp3) is 0.467. The van der Waals surface area contributed by atoms with Crippen molar-refractivity contribution in [2.24, 2.45) is 0 Å². The van der Waals surface area contributed by atoms with Crippen LogP contribution in [0.2, 0.25) is 0 Å². The number of phenolic OH excluding ortho intramolecular Hbond substituents is 1. The Morgan fingerprint density at radius 1 is 1.26 bits per heavy atom. The van der Waals surface area contributed by atoms with Gasteiger partial charge in [-0.05, 0) is 43.9 Å². The summed E-state index contributed by atoms with van der Waals surface area (Å²) in [5, 5.41) is 12.2. The van der Waals surface area contributed by atoms with E-state index in [2.05, 4.69) is 5.32 Å². The molecule has 104 valence electrons. The third-order valence-electron chi connectivity index (χ3n) is 2.93. The first-order valence-corrected chi connectivity index (χ1v) is 6.53. The van der Waals surface area contributed by atoms with E-state index in [9.17, 15) is 14.7 Å². The normalized spacial score (nSPS) is 10.2. The van der Waals surface area contributed by atoms with Crippen LogP contribution in [-0.4, -0.2) is 23.3 Å². The van der Waals surface area contributed by atoms with E-state index in [-0.39, 0.29) is 17.4 Å². The first-order valence-electron chi connectivity index (χ1n) is 6.53. The van der Waals surface area contributed by atoms with Gasteiger partial charge in [-0.15, -0.1) is 0 Å². The Kier molecular flexibility index (Phi) is 6.06. The predicted octanol–water partition coefficient (Wildman–Crippen LogP) is 2.12. The molecule has 0 aliphatic rings. The number of carbonyl (C=O) groups excluding carboxylic acids is 2. The number of hydrogen-bond donors (Lipinski definition) is 2. The van der Waals surface area contributed by atoms with Gasteiger partial charge in [0.15, 0.2) is 0 Å². The first-order chi connectivity index (χ1) is 8.99. The van der Waals surface area contributed by atoms with E-state index in [1.165, 1.54) is 6.92 Å². The van der Waals surface area contributed by atoms with Gasteiger partial charge < -0.3 is 15.2 Å². The summed E-state index contributed by atoms with van der Waals surface area (Å²) in [6, 6.07) is 5.43. The van der Waals surface area contributed by atoms with Crippen LogP contribution in [0.15, 0.2) is 18.2 Å². The molecule has 0 fully saturated rings. The number of carbonyl (C=O) groups is 2. The number of ketones is 1. The number of benzene rings is 1. The molecule has 0 saturated carbocycles. The first kappa shape index (κ1) is 15.2. The molecule has 0 atom stereocenters. The number of hydrogen-bond acceptors (Lipinski definition) is 3. The summed E-state index contributed by atoms with van der Waals surface area (Å²) in [5.41, 5.74) is 1.92. The largest absolute Gasteiger partial charge is 0.508 e. The molecule has 0 bridgehead atoms. The number of Topliss-reactive ketones (excluding diaryl/α,β-unsaturated/α-hetero) is 1. The Labute approximate surface area is 113 Å². The molecule has 4 heteroatoms. The third kappa shape index (κ3) is 6.04. The Bertz CT molecular complexity index is 455. The van der Waals surface area contributed by atoms with E-state index >= 15 is 0 Å². The van der Waals surface area contributed by atoms with Crippen molar-refractivity contribution in [3.05, 3.63) is 29.3 Å². The fourth-order valence-electron chi connectivity index (χ4n) is 1.81. The number of phenols is 1. The number of aryl methyl sites for hydroxylation is 1. The minimum atomic E-state index is -0.0169. The molecule has 0 aliphatic carbocycles. The summed E-state index contributed by atoms with van der Waals surface area (Å²) < 4.78 is 0. The molecule has 1 aromatic rings. The van der Waals surface area contributed by atoms with Crippen LogP contribution in [-0.2, 0) is 16.0 Å². The zero-order valence-corrected chi connectivity index (χ0v) is 11.5. The predicted molar refractivity (Wildman–Crippen MR) is 74.1 cm³/mol. The lowest BCUT2D eigenvalue weighted by Gasteiger charge is -2.06. The standard InChI is InChI=1S/C15H21NO3/c1-11-10-13(6-7-14(11)18)8-9-16-15(19)5-3-4-12(2)17/h6-7,10,18H,3-5,8-9H2,1-2H3,(H,16,19). The van der Waals surface area contributed by atoms with Crippen LogP contribution in [0.25, 0.3) is 0 Å². The van der Waals surface area contributed by atoms with Crippen molar-refractivity contribution in [1.82, 2.24) is 5.32 Å². The summed E-state index contributed by atoms with van der Waals surface area (Å²) in [4.78, 5) is 22.2. The van der Waals surface area contributed by atoms with Crippen LogP contribution in [0, 0.1) is 6.92 Å². The van der Waals surface area contributed by atoms with E-state index < -0.39 is 0 Å². The highest BCUT2D eigenvalue weighted by atomic mass is 16.3. The second-order valence-electron chi connectivity index (χ2n) is 4.78. The monoisotopic (exact) mass is 263 g/mol. The maximum absolute atomic E-state index is 11.5. The van der Waals surface area contributed by atoms with Gasteiger partial charge in [-0.3, -0.25) is 4.79 Å². The van der Waals surface area contributed by atoms with E-state index in [0.29, 0.717) is 25.8 Å². The topological polar surface area (TPSA) is 66.4 Å². The van der Waals surface area contributed by atoms with E-state index in [1.807, 2.05) is 19.1 Å². The van der Waals surface area contributed by atoms with E-state index in [4.69, 9.17) is 0 Å². The van der Waals surface area contributed by atoms with Crippen LogP contribution in [0.3, 0.4) is 0 Å². The minimum Gasteiger partial charge on any atom is -0.508 e. The van der Waals surface area contributed by atoms with Crippen molar-refractivity contribution >= 4 is 11.7 Å². The van der Waals surface area contributed by atoms with Crippen molar-refractivity contribution in [3.8, 4) is 5.75 Å². The molecule has 4 nitrogen and oxygen atoms in total. The zero-order valence-electron chi connectivity index (χ0n) is 11.5. The molecule has 1 rings (SSSR count).